The standard InChI is InChI=1S/C13H30F4O5Si4/c1-23(2)19-24(3,4)21-26(7,22-25(5,6)20-23)10-8-9-18-11-13(16,17)12(14)15/h12H,8-11H2,1-7H3. The topological polar surface area (TPSA) is 46.2 Å². The summed E-state index contributed by atoms with van der Waals surface area (Å²) in [6, 6.07) is 0.481. The molecule has 26 heavy (non-hydrogen) atoms. The fourth-order valence-electron chi connectivity index (χ4n) is 3.18. The first-order valence-corrected chi connectivity index (χ1v) is 19.5. The van der Waals surface area contributed by atoms with E-state index in [4.69, 9.17) is 21.2 Å². The molecule has 1 heterocycles. The van der Waals surface area contributed by atoms with Gasteiger partial charge < -0.3 is 21.2 Å². The van der Waals surface area contributed by atoms with Crippen molar-refractivity contribution in [2.75, 3.05) is 13.2 Å². The highest BCUT2D eigenvalue weighted by atomic mass is 28.5. The Morgan fingerprint density at radius 3 is 1.65 bits per heavy atom. The van der Waals surface area contributed by atoms with Crippen molar-refractivity contribution in [3.8, 4) is 0 Å². The zero-order valence-electron chi connectivity index (χ0n) is 16.5. The second-order valence-electron chi connectivity index (χ2n) is 7.96. The summed E-state index contributed by atoms with van der Waals surface area (Å²) >= 11 is 0. The molecule has 1 aliphatic heterocycles. The molecule has 1 aliphatic rings. The SMILES string of the molecule is C[Si]1(C)O[Si](C)(C)O[Si](C)(CCCOCC(F)(F)C(F)F)O[Si](C)(C)O1. The maximum absolute atomic E-state index is 12.8. The van der Waals surface area contributed by atoms with E-state index in [0.29, 0.717) is 12.5 Å². The van der Waals surface area contributed by atoms with Crippen LogP contribution in [0.4, 0.5) is 17.6 Å². The van der Waals surface area contributed by atoms with Crippen LogP contribution >= 0.6 is 0 Å². The molecule has 0 saturated carbocycles. The van der Waals surface area contributed by atoms with E-state index in [-0.39, 0.29) is 6.61 Å². The third kappa shape index (κ3) is 8.18. The highest BCUT2D eigenvalue weighted by Gasteiger charge is 2.52. The molecule has 0 aromatic heterocycles. The summed E-state index contributed by atoms with van der Waals surface area (Å²) in [7, 11) is -10.0. The largest absolute Gasteiger partial charge is 0.416 e. The fraction of sp³-hybridized carbons (Fsp3) is 1.00. The zero-order chi connectivity index (χ0) is 20.4. The van der Waals surface area contributed by atoms with Gasteiger partial charge in [-0.2, -0.15) is 8.78 Å². The maximum Gasteiger partial charge on any atom is 0.330 e. The number of ether oxygens (including phenoxy) is 1. The number of hydrogen-bond donors (Lipinski definition) is 0. The van der Waals surface area contributed by atoms with Crippen molar-refractivity contribution >= 4 is 34.2 Å². The lowest BCUT2D eigenvalue weighted by Gasteiger charge is -2.47. The van der Waals surface area contributed by atoms with E-state index in [2.05, 4.69) is 0 Å². The molecule has 13 heteroatoms. The van der Waals surface area contributed by atoms with Crippen molar-refractivity contribution in [2.45, 2.75) is 70.6 Å². The van der Waals surface area contributed by atoms with Crippen LogP contribution in [0, 0.1) is 0 Å². The second-order valence-corrected chi connectivity index (χ2v) is 22.4. The van der Waals surface area contributed by atoms with Crippen LogP contribution in [-0.2, 0) is 21.2 Å². The van der Waals surface area contributed by atoms with Gasteiger partial charge in [-0.15, -0.1) is 0 Å². The van der Waals surface area contributed by atoms with Crippen LogP contribution in [0.3, 0.4) is 0 Å². The van der Waals surface area contributed by atoms with E-state index in [1.54, 1.807) is 0 Å². The summed E-state index contributed by atoms with van der Waals surface area (Å²) < 4.78 is 79.7. The van der Waals surface area contributed by atoms with Gasteiger partial charge in [0.1, 0.15) is 6.61 Å². The lowest BCUT2D eigenvalue weighted by molar-refractivity contribution is -0.165. The first kappa shape index (κ1) is 24.4. The van der Waals surface area contributed by atoms with E-state index < -0.39 is 53.2 Å². The van der Waals surface area contributed by atoms with Crippen molar-refractivity contribution < 1.29 is 38.8 Å². The molecule has 0 aliphatic carbocycles. The predicted molar refractivity (Wildman–Crippen MR) is 99.6 cm³/mol. The van der Waals surface area contributed by atoms with Gasteiger partial charge in [0.15, 0.2) is 0 Å². The molecule has 0 atom stereocenters. The Kier molecular flexibility index (Phi) is 7.89. The van der Waals surface area contributed by atoms with Gasteiger partial charge in [0, 0.05) is 6.61 Å². The second kappa shape index (κ2) is 8.40. The Bertz CT molecular complexity index is 457. The summed E-state index contributed by atoms with van der Waals surface area (Å²) in [4.78, 5) is 0. The van der Waals surface area contributed by atoms with Crippen molar-refractivity contribution in [2.24, 2.45) is 0 Å². The van der Waals surface area contributed by atoms with Gasteiger partial charge in [-0.1, -0.05) is 0 Å². The number of halogens is 4. The number of alkyl halides is 4. The van der Waals surface area contributed by atoms with Gasteiger partial charge in [-0.25, -0.2) is 8.78 Å². The van der Waals surface area contributed by atoms with E-state index in [1.165, 1.54) is 0 Å². The molecule has 0 aromatic rings. The van der Waals surface area contributed by atoms with Crippen molar-refractivity contribution in [3.05, 3.63) is 0 Å². The molecule has 1 fully saturated rings. The van der Waals surface area contributed by atoms with Gasteiger partial charge >= 0.3 is 46.6 Å². The maximum atomic E-state index is 12.8. The van der Waals surface area contributed by atoms with E-state index in [9.17, 15) is 17.6 Å². The summed E-state index contributed by atoms with van der Waals surface area (Å²) in [5.41, 5.74) is 0. The Morgan fingerprint density at radius 1 is 0.808 bits per heavy atom. The van der Waals surface area contributed by atoms with E-state index in [0.717, 1.165) is 0 Å². The molecular formula is C13H30F4O5Si4. The van der Waals surface area contributed by atoms with Gasteiger partial charge in [-0.3, -0.25) is 0 Å². The molecule has 1 rings (SSSR count). The van der Waals surface area contributed by atoms with Crippen LogP contribution in [0.15, 0.2) is 0 Å². The Hall–Kier alpha value is 0.388. The van der Waals surface area contributed by atoms with Crippen LogP contribution in [0.1, 0.15) is 6.42 Å². The summed E-state index contributed by atoms with van der Waals surface area (Å²) in [6.07, 6.45) is -3.36. The average molecular weight is 455 g/mol. The molecule has 0 N–H and O–H groups in total. The smallest absolute Gasteiger partial charge is 0.330 e. The molecular weight excluding hydrogens is 424 g/mol. The Labute approximate surface area is 157 Å². The average Bonchev–Trinajstić information content (AvgIpc) is 2.31. The third-order valence-corrected chi connectivity index (χ3v) is 20.0. The van der Waals surface area contributed by atoms with Gasteiger partial charge in [-0.05, 0) is 58.3 Å². The number of hydrogen-bond acceptors (Lipinski definition) is 5. The highest BCUT2D eigenvalue weighted by Crippen LogP contribution is 2.33. The minimum Gasteiger partial charge on any atom is -0.416 e. The van der Waals surface area contributed by atoms with Crippen LogP contribution in [-0.4, -0.2) is 59.8 Å². The van der Waals surface area contributed by atoms with Gasteiger partial charge in [0.2, 0.25) is 0 Å². The molecule has 5 nitrogen and oxygen atoms in total. The third-order valence-electron chi connectivity index (χ3n) is 3.44. The van der Waals surface area contributed by atoms with Crippen LogP contribution < -0.4 is 0 Å². The van der Waals surface area contributed by atoms with Crippen molar-refractivity contribution in [3.63, 3.8) is 0 Å². The zero-order valence-corrected chi connectivity index (χ0v) is 20.5. The molecule has 0 radical (unpaired) electrons. The molecule has 0 aromatic carbocycles. The van der Waals surface area contributed by atoms with Gasteiger partial charge in [0.25, 0.3) is 0 Å². The first-order valence-electron chi connectivity index (χ1n) is 8.52. The Morgan fingerprint density at radius 2 is 1.23 bits per heavy atom. The summed E-state index contributed by atoms with van der Waals surface area (Å²) in [5, 5.41) is 0. The van der Waals surface area contributed by atoms with Crippen molar-refractivity contribution in [1.82, 2.24) is 0 Å². The van der Waals surface area contributed by atoms with Crippen molar-refractivity contribution in [1.29, 1.82) is 0 Å². The molecule has 0 bridgehead atoms. The van der Waals surface area contributed by atoms with E-state index >= 15 is 0 Å². The monoisotopic (exact) mass is 454 g/mol. The van der Waals surface area contributed by atoms with Crippen LogP contribution in [0.5, 0.6) is 0 Å². The lowest BCUT2D eigenvalue weighted by Crippen LogP contribution is -2.65. The normalized spacial score (nSPS) is 24.9. The fourth-order valence-corrected chi connectivity index (χ4v) is 24.7. The highest BCUT2D eigenvalue weighted by molar-refractivity contribution is 6.93. The minimum atomic E-state index is -4.13. The first-order chi connectivity index (χ1) is 11.5. The molecule has 156 valence electrons. The molecule has 0 spiro atoms. The number of rotatable bonds is 7. The predicted octanol–water partition coefficient (Wildman–Crippen LogP) is 4.55. The summed E-state index contributed by atoms with van der Waals surface area (Å²) in [5.74, 6) is -4.13. The minimum absolute atomic E-state index is 0.0659. The van der Waals surface area contributed by atoms with E-state index in [1.807, 2.05) is 45.8 Å². The molecule has 1 saturated heterocycles. The molecule has 0 amide bonds. The summed E-state index contributed by atoms with van der Waals surface area (Å²) in [6.45, 7) is 12.2. The Balaban J connectivity index is 2.65. The lowest BCUT2D eigenvalue weighted by atomic mass is 10.4. The molecule has 0 unspecified atom stereocenters. The van der Waals surface area contributed by atoms with Crippen LogP contribution in [0.25, 0.3) is 0 Å². The van der Waals surface area contributed by atoms with Gasteiger partial charge in [0.05, 0.1) is 0 Å². The van der Waals surface area contributed by atoms with Crippen LogP contribution in [0.2, 0.25) is 51.9 Å². The quantitative estimate of drug-likeness (QED) is 0.321.